The van der Waals surface area contributed by atoms with Crippen molar-refractivity contribution in [3.63, 3.8) is 0 Å². The number of nitrogens with one attached hydrogen (secondary N) is 1. The van der Waals surface area contributed by atoms with Crippen LogP contribution in [0.15, 0.2) is 30.6 Å². The molecule has 1 aliphatic carbocycles. The van der Waals surface area contributed by atoms with Crippen molar-refractivity contribution >= 4 is 28.6 Å². The third kappa shape index (κ3) is 2.97. The molecule has 10 nitrogen and oxygen atoms in total. The van der Waals surface area contributed by atoms with Gasteiger partial charge in [-0.05, 0) is 31.0 Å². The summed E-state index contributed by atoms with van der Waals surface area (Å²) in [5, 5.41) is 17.1. The number of aromatic nitrogens is 6. The second kappa shape index (κ2) is 6.73. The molecule has 0 aromatic carbocycles. The molecule has 4 heterocycles. The van der Waals surface area contributed by atoms with Gasteiger partial charge in [0.25, 0.3) is 0 Å². The second-order valence-corrected chi connectivity index (χ2v) is 7.36. The Kier molecular flexibility index (Phi) is 4.03. The lowest BCUT2D eigenvalue weighted by Crippen LogP contribution is -2.11. The average molecular weight is 400 g/mol. The van der Waals surface area contributed by atoms with Crippen LogP contribution in [-0.2, 0) is 13.6 Å². The summed E-state index contributed by atoms with van der Waals surface area (Å²) in [5.41, 5.74) is 16.4. The molecular formula is C20H20N10. The van der Waals surface area contributed by atoms with Gasteiger partial charge >= 0.3 is 0 Å². The fourth-order valence-corrected chi connectivity index (χ4v) is 3.62. The SMILES string of the molecule is Cn1ccc2nc(CNc3nc(N)nc(N)c3C#N)c(-c3ccnn3C3CC3)cc21. The zero-order chi connectivity index (χ0) is 20.8. The van der Waals surface area contributed by atoms with Crippen molar-refractivity contribution in [3.05, 3.63) is 41.9 Å². The Hall–Kier alpha value is -4.13. The highest BCUT2D eigenvalue weighted by molar-refractivity contribution is 5.82. The van der Waals surface area contributed by atoms with E-state index >= 15 is 0 Å². The molecule has 0 saturated heterocycles. The normalized spacial score (nSPS) is 13.5. The molecule has 5 rings (SSSR count). The van der Waals surface area contributed by atoms with Crippen molar-refractivity contribution < 1.29 is 0 Å². The molecule has 10 heteroatoms. The molecule has 5 N–H and O–H groups in total. The van der Waals surface area contributed by atoms with Gasteiger partial charge in [0.2, 0.25) is 5.95 Å². The highest BCUT2D eigenvalue weighted by Gasteiger charge is 2.27. The van der Waals surface area contributed by atoms with Gasteiger partial charge in [-0.3, -0.25) is 4.68 Å². The molecule has 0 radical (unpaired) electrons. The van der Waals surface area contributed by atoms with Crippen LogP contribution in [0.4, 0.5) is 17.6 Å². The maximum Gasteiger partial charge on any atom is 0.224 e. The Bertz CT molecular complexity index is 1310. The molecule has 0 unspecified atom stereocenters. The maximum absolute atomic E-state index is 9.42. The quantitative estimate of drug-likeness (QED) is 0.461. The second-order valence-electron chi connectivity index (χ2n) is 7.36. The topological polar surface area (TPSA) is 149 Å². The van der Waals surface area contributed by atoms with Gasteiger partial charge in [-0.25, -0.2) is 4.98 Å². The van der Waals surface area contributed by atoms with Gasteiger partial charge < -0.3 is 21.4 Å². The number of anilines is 3. The number of pyridine rings is 1. The molecule has 0 aliphatic heterocycles. The number of nitriles is 1. The van der Waals surface area contributed by atoms with Crippen molar-refractivity contribution in [2.45, 2.75) is 25.4 Å². The summed E-state index contributed by atoms with van der Waals surface area (Å²) in [7, 11) is 2.00. The first-order valence-corrected chi connectivity index (χ1v) is 9.61. The third-order valence-electron chi connectivity index (χ3n) is 5.27. The molecular weight excluding hydrogens is 380 g/mol. The largest absolute Gasteiger partial charge is 0.382 e. The standard InChI is InChI=1S/C20H20N10/c1-29-7-5-14-17(29)8-12(16-4-6-25-30(16)11-2-3-11)15(26-14)10-24-19-13(9-21)18(22)27-20(23)28-19/h4-8,11H,2-3,10H2,1H3,(H5,22,23,24,27,28). The third-order valence-corrected chi connectivity index (χ3v) is 5.27. The van der Waals surface area contributed by atoms with Crippen LogP contribution in [0.25, 0.3) is 22.3 Å². The highest BCUT2D eigenvalue weighted by Crippen LogP contribution is 2.39. The van der Waals surface area contributed by atoms with E-state index in [-0.39, 0.29) is 17.3 Å². The average Bonchev–Trinajstić information content (AvgIpc) is 3.34. The summed E-state index contributed by atoms with van der Waals surface area (Å²) < 4.78 is 4.11. The fraction of sp³-hybridized carbons (Fsp3) is 0.250. The first kappa shape index (κ1) is 17.9. The van der Waals surface area contributed by atoms with E-state index in [1.807, 2.05) is 42.2 Å². The van der Waals surface area contributed by atoms with Gasteiger partial charge in [0.15, 0.2) is 5.82 Å². The Morgan fingerprint density at radius 2 is 2.07 bits per heavy atom. The predicted octanol–water partition coefficient (Wildman–Crippen LogP) is 2.21. The van der Waals surface area contributed by atoms with Crippen LogP contribution >= 0.6 is 0 Å². The van der Waals surface area contributed by atoms with Gasteiger partial charge in [-0.15, -0.1) is 0 Å². The van der Waals surface area contributed by atoms with Crippen molar-refractivity contribution in [1.29, 1.82) is 5.26 Å². The molecule has 1 saturated carbocycles. The number of rotatable bonds is 5. The number of nitrogens with zero attached hydrogens (tertiary/aromatic N) is 7. The van der Waals surface area contributed by atoms with Crippen molar-refractivity contribution in [1.82, 2.24) is 29.3 Å². The molecule has 0 amide bonds. The van der Waals surface area contributed by atoms with Gasteiger partial charge in [0, 0.05) is 25.0 Å². The van der Waals surface area contributed by atoms with E-state index in [4.69, 9.17) is 16.5 Å². The summed E-state index contributed by atoms with van der Waals surface area (Å²) in [4.78, 5) is 12.9. The Morgan fingerprint density at radius 1 is 1.23 bits per heavy atom. The summed E-state index contributed by atoms with van der Waals surface area (Å²) in [5.74, 6) is 0.345. The molecule has 4 aromatic heterocycles. The lowest BCUT2D eigenvalue weighted by atomic mass is 10.1. The Labute approximate surface area is 172 Å². The number of fused-ring (bicyclic) bond motifs is 1. The molecule has 4 aromatic rings. The number of nitrogen functional groups attached to an aromatic ring is 2. The van der Waals surface area contributed by atoms with Crippen LogP contribution < -0.4 is 16.8 Å². The molecule has 1 fully saturated rings. The molecule has 0 atom stereocenters. The van der Waals surface area contributed by atoms with Crippen LogP contribution in [0.1, 0.15) is 30.1 Å². The monoisotopic (exact) mass is 400 g/mol. The Morgan fingerprint density at radius 3 is 2.83 bits per heavy atom. The minimum Gasteiger partial charge on any atom is -0.382 e. The molecule has 30 heavy (non-hydrogen) atoms. The zero-order valence-corrected chi connectivity index (χ0v) is 16.4. The van der Waals surface area contributed by atoms with Crippen LogP contribution in [0.2, 0.25) is 0 Å². The van der Waals surface area contributed by atoms with Gasteiger partial charge in [-0.2, -0.15) is 20.3 Å². The molecule has 0 bridgehead atoms. The summed E-state index contributed by atoms with van der Waals surface area (Å²) in [6.07, 6.45) is 6.07. The van der Waals surface area contributed by atoms with E-state index in [0.717, 1.165) is 40.8 Å². The minimum absolute atomic E-state index is 0.00695. The van der Waals surface area contributed by atoms with Crippen LogP contribution in [0.5, 0.6) is 0 Å². The predicted molar refractivity (Wildman–Crippen MR) is 113 cm³/mol. The van der Waals surface area contributed by atoms with E-state index in [1.54, 1.807) is 0 Å². The van der Waals surface area contributed by atoms with E-state index in [1.165, 1.54) is 0 Å². The van der Waals surface area contributed by atoms with Crippen LogP contribution in [0.3, 0.4) is 0 Å². The van der Waals surface area contributed by atoms with E-state index in [2.05, 4.69) is 31.1 Å². The number of hydrogen-bond acceptors (Lipinski definition) is 8. The molecule has 1 aliphatic rings. The number of nitrogens with two attached hydrogens (primary N) is 2. The highest BCUT2D eigenvalue weighted by atomic mass is 15.3. The lowest BCUT2D eigenvalue weighted by molar-refractivity contribution is 0.648. The smallest absolute Gasteiger partial charge is 0.224 e. The van der Waals surface area contributed by atoms with Crippen molar-refractivity contribution in [3.8, 4) is 17.3 Å². The van der Waals surface area contributed by atoms with E-state index in [0.29, 0.717) is 18.4 Å². The summed E-state index contributed by atoms with van der Waals surface area (Å²) >= 11 is 0. The zero-order valence-electron chi connectivity index (χ0n) is 16.4. The minimum atomic E-state index is 0.00695. The fourth-order valence-electron chi connectivity index (χ4n) is 3.62. The van der Waals surface area contributed by atoms with Gasteiger partial charge in [0.05, 0.1) is 35.0 Å². The lowest BCUT2D eigenvalue weighted by Gasteiger charge is -2.14. The van der Waals surface area contributed by atoms with Gasteiger partial charge in [0.1, 0.15) is 17.5 Å². The first-order chi connectivity index (χ1) is 14.5. The van der Waals surface area contributed by atoms with Crippen molar-refractivity contribution in [2.24, 2.45) is 7.05 Å². The van der Waals surface area contributed by atoms with Gasteiger partial charge in [-0.1, -0.05) is 0 Å². The van der Waals surface area contributed by atoms with Crippen LogP contribution in [0, 0.1) is 11.3 Å². The van der Waals surface area contributed by atoms with Crippen LogP contribution in [-0.4, -0.2) is 29.3 Å². The van der Waals surface area contributed by atoms with E-state index in [9.17, 15) is 5.26 Å². The molecule has 0 spiro atoms. The number of aryl methyl sites for hydroxylation is 1. The summed E-state index contributed by atoms with van der Waals surface area (Å²) in [6.45, 7) is 0.334. The van der Waals surface area contributed by atoms with E-state index < -0.39 is 0 Å². The first-order valence-electron chi connectivity index (χ1n) is 9.61. The van der Waals surface area contributed by atoms with Crippen molar-refractivity contribution in [2.75, 3.05) is 16.8 Å². The molecule has 150 valence electrons. The number of hydrogen-bond donors (Lipinski definition) is 3. The summed E-state index contributed by atoms with van der Waals surface area (Å²) in [6, 6.07) is 8.58. The Balaban J connectivity index is 1.59. The maximum atomic E-state index is 9.42.